The van der Waals surface area contributed by atoms with Gasteiger partial charge >= 0.3 is 11.9 Å². The summed E-state index contributed by atoms with van der Waals surface area (Å²) in [7, 11) is -5.42. The third-order valence-electron chi connectivity index (χ3n) is 5.57. The molecule has 9 heteroatoms. The van der Waals surface area contributed by atoms with Crippen molar-refractivity contribution in [1.82, 2.24) is 0 Å². The molecule has 8 nitrogen and oxygen atoms in total. The average molecular weight is 465 g/mol. The van der Waals surface area contributed by atoms with Gasteiger partial charge in [-0.25, -0.2) is 4.79 Å². The number of unbranched alkanes of at least 4 members (excludes halogenated alkanes) is 11. The summed E-state index contributed by atoms with van der Waals surface area (Å²) < 4.78 is 29.0. The lowest BCUT2D eigenvalue weighted by atomic mass is 9.94. The molecule has 0 fully saturated rings. The van der Waals surface area contributed by atoms with Crippen LogP contribution in [0.1, 0.15) is 110 Å². The Balaban J connectivity index is 4.03. The second kappa shape index (κ2) is 15.3. The fourth-order valence-corrected chi connectivity index (χ4v) is 4.58. The van der Waals surface area contributed by atoms with Crippen LogP contribution in [0.5, 0.6) is 0 Å². The molecule has 3 N–H and O–H groups in total. The van der Waals surface area contributed by atoms with Crippen LogP contribution in [0.25, 0.3) is 0 Å². The largest absolute Gasteiger partial charge is 0.481 e. The highest BCUT2D eigenvalue weighted by Crippen LogP contribution is 2.26. The third kappa shape index (κ3) is 11.6. The maximum Gasteiger partial charge on any atom is 0.335 e. The Labute approximate surface area is 186 Å². The molecule has 0 aliphatic carbocycles. The summed E-state index contributed by atoms with van der Waals surface area (Å²) in [5, 5.41) is 18.0. The molecule has 182 valence electrons. The van der Waals surface area contributed by atoms with Crippen LogP contribution in [0.3, 0.4) is 0 Å². The van der Waals surface area contributed by atoms with Gasteiger partial charge in [-0.3, -0.25) is 14.1 Å². The summed E-state index contributed by atoms with van der Waals surface area (Å²) in [4.78, 5) is 34.5. The molecule has 0 aromatic heterocycles. The van der Waals surface area contributed by atoms with E-state index in [4.69, 9.17) is 5.11 Å². The number of carbonyl (C=O) groups excluding carboxylic acids is 1. The molecule has 0 aromatic rings. The van der Waals surface area contributed by atoms with Crippen molar-refractivity contribution < 1.29 is 37.6 Å². The third-order valence-corrected chi connectivity index (χ3v) is 7.00. The van der Waals surface area contributed by atoms with Gasteiger partial charge in [-0.15, -0.1) is 0 Å². The molecule has 0 heterocycles. The summed E-state index contributed by atoms with van der Waals surface area (Å²) in [6, 6.07) is 0. The van der Waals surface area contributed by atoms with Crippen LogP contribution < -0.4 is 0 Å². The quantitative estimate of drug-likeness (QED) is 0.131. The van der Waals surface area contributed by atoms with E-state index in [1.54, 1.807) is 0 Å². The number of carboxylic acid groups (broad SMARTS) is 2. The van der Waals surface area contributed by atoms with Crippen molar-refractivity contribution in [2.75, 3.05) is 0 Å². The summed E-state index contributed by atoms with van der Waals surface area (Å²) in [5.41, 5.74) is 0. The van der Waals surface area contributed by atoms with Crippen LogP contribution >= 0.6 is 0 Å². The second-order valence-corrected chi connectivity index (χ2v) is 10.4. The number of hydrogen-bond donors (Lipinski definition) is 3. The monoisotopic (exact) mass is 464 g/mol. The van der Waals surface area contributed by atoms with Crippen LogP contribution in [-0.4, -0.2) is 45.7 Å². The predicted molar refractivity (Wildman–Crippen MR) is 119 cm³/mol. The molecular formula is C22H40O8S. The fraction of sp³-hybridized carbons (Fsp3) is 0.864. The summed E-state index contributed by atoms with van der Waals surface area (Å²) in [5.74, 6) is -4.46. The topological polar surface area (TPSA) is 146 Å². The molecule has 0 radical (unpaired) electrons. The van der Waals surface area contributed by atoms with E-state index in [9.17, 15) is 32.5 Å². The van der Waals surface area contributed by atoms with Gasteiger partial charge < -0.3 is 10.2 Å². The normalized spacial score (nSPS) is 13.8. The minimum absolute atomic E-state index is 0.249. The fourth-order valence-electron chi connectivity index (χ4n) is 3.66. The standard InChI is InChI=1S/C22H40O8S/c1-18(2)15-13-11-9-7-5-3-4-6-8-10-12-14-16-19(23)22(21(26)27,17-20(24)25)31(28,29)30/h18H,3-17H2,1-2H3,(H,24,25)(H,26,27)(H,28,29,30). The van der Waals surface area contributed by atoms with Crippen LogP contribution in [-0.2, 0) is 24.5 Å². The Morgan fingerprint density at radius 1 is 0.742 bits per heavy atom. The number of rotatable bonds is 20. The zero-order valence-electron chi connectivity index (χ0n) is 19.0. The Bertz CT molecular complexity index is 656. The first-order valence-electron chi connectivity index (χ1n) is 11.4. The smallest absolute Gasteiger partial charge is 0.335 e. The first-order valence-corrected chi connectivity index (χ1v) is 12.8. The van der Waals surface area contributed by atoms with Crippen LogP contribution in [0, 0.1) is 5.92 Å². The van der Waals surface area contributed by atoms with Crippen LogP contribution in [0.15, 0.2) is 0 Å². The van der Waals surface area contributed by atoms with E-state index >= 15 is 0 Å². The molecule has 1 unspecified atom stereocenters. The first-order chi connectivity index (χ1) is 14.4. The van der Waals surface area contributed by atoms with E-state index in [2.05, 4.69) is 13.8 Å². The SMILES string of the molecule is CC(C)CCCCCCCCCCCCCCC(=O)C(CC(=O)O)(C(=O)O)S(=O)(=O)O. The molecule has 0 bridgehead atoms. The van der Waals surface area contributed by atoms with Crippen molar-refractivity contribution in [2.45, 2.75) is 115 Å². The van der Waals surface area contributed by atoms with E-state index in [1.165, 1.54) is 44.9 Å². The molecule has 31 heavy (non-hydrogen) atoms. The minimum Gasteiger partial charge on any atom is -0.481 e. The number of carboxylic acids is 2. The summed E-state index contributed by atoms with van der Waals surface area (Å²) in [6.45, 7) is 4.50. The Kier molecular flexibility index (Phi) is 14.6. The highest BCUT2D eigenvalue weighted by atomic mass is 32.2. The van der Waals surface area contributed by atoms with E-state index < -0.39 is 45.4 Å². The molecule has 0 spiro atoms. The summed E-state index contributed by atoms with van der Waals surface area (Å²) >= 11 is 0. The predicted octanol–water partition coefficient (Wildman–Crippen LogP) is 4.86. The molecule has 0 aliphatic rings. The van der Waals surface area contributed by atoms with E-state index in [-0.39, 0.29) is 6.42 Å². The van der Waals surface area contributed by atoms with Crippen molar-refractivity contribution >= 4 is 27.8 Å². The molecule has 0 saturated heterocycles. The Morgan fingerprint density at radius 2 is 1.13 bits per heavy atom. The van der Waals surface area contributed by atoms with Crippen molar-refractivity contribution in [3.05, 3.63) is 0 Å². The lowest BCUT2D eigenvalue weighted by molar-refractivity contribution is -0.150. The van der Waals surface area contributed by atoms with Crippen LogP contribution in [0.4, 0.5) is 0 Å². The van der Waals surface area contributed by atoms with Crippen molar-refractivity contribution in [2.24, 2.45) is 5.92 Å². The minimum atomic E-state index is -5.42. The molecule has 1 atom stereocenters. The van der Waals surface area contributed by atoms with Gasteiger partial charge in [-0.2, -0.15) is 8.42 Å². The number of aliphatic carboxylic acids is 2. The van der Waals surface area contributed by atoms with Gasteiger partial charge in [0.05, 0.1) is 6.42 Å². The van der Waals surface area contributed by atoms with Crippen molar-refractivity contribution in [3.8, 4) is 0 Å². The van der Waals surface area contributed by atoms with Gasteiger partial charge in [-0.05, 0) is 12.3 Å². The Hall–Kier alpha value is -1.48. The highest BCUT2D eigenvalue weighted by Gasteiger charge is 2.58. The summed E-state index contributed by atoms with van der Waals surface area (Å²) in [6.07, 6.45) is 11.9. The molecule has 0 saturated carbocycles. The number of hydrogen-bond acceptors (Lipinski definition) is 5. The maximum atomic E-state index is 12.2. The zero-order chi connectivity index (χ0) is 23.9. The Morgan fingerprint density at radius 3 is 1.45 bits per heavy atom. The lowest BCUT2D eigenvalue weighted by Gasteiger charge is -2.22. The second-order valence-electron chi connectivity index (χ2n) is 8.78. The van der Waals surface area contributed by atoms with Crippen molar-refractivity contribution in [3.63, 3.8) is 0 Å². The van der Waals surface area contributed by atoms with E-state index in [0.29, 0.717) is 6.42 Å². The maximum absolute atomic E-state index is 12.2. The molecule has 0 amide bonds. The van der Waals surface area contributed by atoms with Gasteiger partial charge in [0, 0.05) is 6.42 Å². The number of carbonyl (C=O) groups is 3. The lowest BCUT2D eigenvalue weighted by Crippen LogP contribution is -2.54. The molecule has 0 aromatic carbocycles. The van der Waals surface area contributed by atoms with Crippen LogP contribution in [0.2, 0.25) is 0 Å². The van der Waals surface area contributed by atoms with Gasteiger partial charge in [0.2, 0.25) is 0 Å². The first kappa shape index (κ1) is 29.5. The highest BCUT2D eigenvalue weighted by molar-refractivity contribution is 7.89. The number of Topliss-reactive ketones (excluding diaryl/α,β-unsaturated/α-hetero) is 1. The van der Waals surface area contributed by atoms with Gasteiger partial charge in [-0.1, -0.05) is 90.9 Å². The van der Waals surface area contributed by atoms with Gasteiger partial charge in [0.25, 0.3) is 14.9 Å². The van der Waals surface area contributed by atoms with Gasteiger partial charge in [0.1, 0.15) is 0 Å². The zero-order valence-corrected chi connectivity index (χ0v) is 19.8. The van der Waals surface area contributed by atoms with E-state index in [1.807, 2.05) is 0 Å². The van der Waals surface area contributed by atoms with Gasteiger partial charge in [0.15, 0.2) is 5.78 Å². The number of ketones is 1. The molecular weight excluding hydrogens is 424 g/mol. The van der Waals surface area contributed by atoms with Crippen molar-refractivity contribution in [1.29, 1.82) is 0 Å². The molecule has 0 aliphatic heterocycles. The average Bonchev–Trinajstić information content (AvgIpc) is 2.64. The van der Waals surface area contributed by atoms with E-state index in [0.717, 1.165) is 31.6 Å². The molecule has 0 rings (SSSR count).